The van der Waals surface area contributed by atoms with Gasteiger partial charge in [-0.05, 0) is 25.1 Å². The molecule has 1 N–H and O–H groups in total. The van der Waals surface area contributed by atoms with E-state index in [4.69, 9.17) is 11.6 Å². The lowest BCUT2D eigenvalue weighted by molar-refractivity contribution is -0.136. The number of amides is 2. The van der Waals surface area contributed by atoms with Gasteiger partial charge in [0.2, 0.25) is 11.8 Å². The number of H-pyrrole nitrogens is 1. The average molecular weight is 346 g/mol. The first-order valence-electron chi connectivity index (χ1n) is 8.42. The summed E-state index contributed by atoms with van der Waals surface area (Å²) in [4.78, 5) is 31.9. The van der Waals surface area contributed by atoms with Crippen LogP contribution in [-0.2, 0) is 22.6 Å². The van der Waals surface area contributed by atoms with Crippen molar-refractivity contribution in [2.45, 2.75) is 26.3 Å². The maximum Gasteiger partial charge on any atom is 0.228 e. The average Bonchev–Trinajstić information content (AvgIpc) is 3.13. The van der Waals surface area contributed by atoms with Gasteiger partial charge in [-0.3, -0.25) is 9.59 Å². The molecule has 1 fully saturated rings. The molecule has 126 valence electrons. The van der Waals surface area contributed by atoms with Gasteiger partial charge >= 0.3 is 0 Å². The maximum atomic E-state index is 12.9. The summed E-state index contributed by atoms with van der Waals surface area (Å²) in [7, 11) is 0. The van der Waals surface area contributed by atoms with Crippen LogP contribution in [-0.4, -0.2) is 46.2 Å². The molecule has 2 aliphatic rings. The lowest BCUT2D eigenvalue weighted by Gasteiger charge is -2.29. The summed E-state index contributed by atoms with van der Waals surface area (Å²) < 4.78 is 0. The van der Waals surface area contributed by atoms with Crippen LogP contribution in [0.5, 0.6) is 0 Å². The highest BCUT2D eigenvalue weighted by Crippen LogP contribution is 2.31. The van der Waals surface area contributed by atoms with Crippen molar-refractivity contribution in [2.24, 2.45) is 5.92 Å². The van der Waals surface area contributed by atoms with Crippen molar-refractivity contribution in [3.05, 3.63) is 34.5 Å². The van der Waals surface area contributed by atoms with Crippen molar-refractivity contribution in [2.75, 3.05) is 19.6 Å². The summed E-state index contributed by atoms with van der Waals surface area (Å²) in [6, 6.07) is 5.81. The highest BCUT2D eigenvalue weighted by molar-refractivity contribution is 6.31. The number of likely N-dealkylation sites (tertiary alicyclic amines) is 1. The van der Waals surface area contributed by atoms with E-state index in [0.29, 0.717) is 37.6 Å². The Bertz CT molecular complexity index is 829. The van der Waals surface area contributed by atoms with Crippen LogP contribution >= 0.6 is 11.6 Å². The molecule has 2 amide bonds. The van der Waals surface area contributed by atoms with Crippen LogP contribution in [0.25, 0.3) is 10.9 Å². The summed E-state index contributed by atoms with van der Waals surface area (Å²) in [5.74, 6) is -0.0125. The molecule has 0 spiro atoms. The summed E-state index contributed by atoms with van der Waals surface area (Å²) in [5, 5.41) is 1.79. The minimum atomic E-state index is -0.201. The molecule has 0 bridgehead atoms. The number of carbonyl (C=O) groups is 2. The fourth-order valence-electron chi connectivity index (χ4n) is 3.88. The van der Waals surface area contributed by atoms with Crippen molar-refractivity contribution in [1.82, 2.24) is 14.8 Å². The van der Waals surface area contributed by atoms with Crippen LogP contribution in [0.15, 0.2) is 18.2 Å². The molecular weight excluding hydrogens is 326 g/mol. The molecule has 1 atom stereocenters. The van der Waals surface area contributed by atoms with Crippen LogP contribution in [0, 0.1) is 5.92 Å². The molecule has 1 aromatic carbocycles. The fraction of sp³-hybridized carbons (Fsp3) is 0.444. The number of hydrogen-bond acceptors (Lipinski definition) is 2. The van der Waals surface area contributed by atoms with Crippen LogP contribution in [0.2, 0.25) is 5.02 Å². The first-order chi connectivity index (χ1) is 11.6. The predicted molar refractivity (Wildman–Crippen MR) is 92.8 cm³/mol. The first kappa shape index (κ1) is 15.5. The molecule has 2 aliphatic heterocycles. The lowest BCUT2D eigenvalue weighted by Crippen LogP contribution is -2.40. The standard InChI is InChI=1S/C18H20ClN3O2/c1-2-21-9-11(7-17(21)23)18(24)22-6-5-16-14(10-22)13-8-12(19)3-4-15(13)20-16/h3-4,8,11,20H,2,5-7,9-10H2,1H3. The van der Waals surface area contributed by atoms with E-state index < -0.39 is 0 Å². The first-order valence-corrected chi connectivity index (χ1v) is 8.80. The molecular formula is C18H20ClN3O2. The number of benzene rings is 1. The number of aromatic nitrogens is 1. The number of nitrogens with one attached hydrogen (secondary N) is 1. The Kier molecular flexibility index (Phi) is 3.76. The van der Waals surface area contributed by atoms with Crippen LogP contribution in [0.3, 0.4) is 0 Å². The van der Waals surface area contributed by atoms with E-state index in [1.807, 2.05) is 30.0 Å². The minimum Gasteiger partial charge on any atom is -0.358 e. The lowest BCUT2D eigenvalue weighted by atomic mass is 10.0. The van der Waals surface area contributed by atoms with E-state index in [1.54, 1.807) is 4.90 Å². The molecule has 2 aromatic rings. The van der Waals surface area contributed by atoms with Crippen molar-refractivity contribution in [3.8, 4) is 0 Å². The molecule has 1 saturated heterocycles. The number of carbonyl (C=O) groups excluding carboxylic acids is 2. The Balaban J connectivity index is 1.58. The number of hydrogen-bond donors (Lipinski definition) is 1. The zero-order valence-corrected chi connectivity index (χ0v) is 14.4. The van der Waals surface area contributed by atoms with Crippen molar-refractivity contribution < 1.29 is 9.59 Å². The van der Waals surface area contributed by atoms with Gasteiger partial charge in [0.1, 0.15) is 0 Å². The molecule has 0 saturated carbocycles. The summed E-state index contributed by atoms with van der Waals surface area (Å²) in [6.45, 7) is 4.47. The second-order valence-corrected chi connectivity index (χ2v) is 7.05. The van der Waals surface area contributed by atoms with Gasteiger partial charge in [0.05, 0.1) is 5.92 Å². The summed E-state index contributed by atoms with van der Waals surface area (Å²) in [6.07, 6.45) is 1.15. The molecule has 0 radical (unpaired) electrons. The predicted octanol–water partition coefficient (Wildman–Crippen LogP) is 2.57. The molecule has 0 aliphatic carbocycles. The number of nitrogens with zero attached hydrogens (tertiary/aromatic N) is 2. The Morgan fingerprint density at radius 1 is 1.42 bits per heavy atom. The number of aromatic amines is 1. The van der Waals surface area contributed by atoms with Gasteiger partial charge in [0.25, 0.3) is 0 Å². The van der Waals surface area contributed by atoms with Crippen molar-refractivity contribution >= 4 is 34.3 Å². The SMILES string of the molecule is CCN1CC(C(=O)N2CCc3[nH]c4ccc(Cl)cc4c3C2)CC1=O. The van der Waals surface area contributed by atoms with Crippen LogP contribution in [0.1, 0.15) is 24.6 Å². The van der Waals surface area contributed by atoms with Gasteiger partial charge < -0.3 is 14.8 Å². The highest BCUT2D eigenvalue weighted by atomic mass is 35.5. The van der Waals surface area contributed by atoms with E-state index in [9.17, 15) is 9.59 Å². The number of rotatable bonds is 2. The molecule has 4 rings (SSSR count). The van der Waals surface area contributed by atoms with Crippen LogP contribution < -0.4 is 0 Å². The van der Waals surface area contributed by atoms with E-state index in [0.717, 1.165) is 22.9 Å². The Labute approximate surface area is 145 Å². The van der Waals surface area contributed by atoms with E-state index >= 15 is 0 Å². The third-order valence-electron chi connectivity index (χ3n) is 5.19. The van der Waals surface area contributed by atoms with Gasteiger partial charge in [-0.2, -0.15) is 0 Å². The van der Waals surface area contributed by atoms with Crippen molar-refractivity contribution in [3.63, 3.8) is 0 Å². The largest absolute Gasteiger partial charge is 0.358 e. The Hall–Kier alpha value is -2.01. The molecule has 24 heavy (non-hydrogen) atoms. The smallest absolute Gasteiger partial charge is 0.228 e. The van der Waals surface area contributed by atoms with Gasteiger partial charge in [-0.1, -0.05) is 11.6 Å². The quantitative estimate of drug-likeness (QED) is 0.909. The van der Waals surface area contributed by atoms with Crippen molar-refractivity contribution in [1.29, 1.82) is 0 Å². The molecule has 1 unspecified atom stereocenters. The van der Waals surface area contributed by atoms with E-state index in [-0.39, 0.29) is 17.7 Å². The van der Waals surface area contributed by atoms with Gasteiger partial charge in [0.15, 0.2) is 0 Å². The zero-order chi connectivity index (χ0) is 16.8. The second kappa shape index (κ2) is 5.81. The third-order valence-corrected chi connectivity index (χ3v) is 5.43. The Morgan fingerprint density at radius 3 is 3.00 bits per heavy atom. The summed E-state index contributed by atoms with van der Waals surface area (Å²) >= 11 is 6.13. The van der Waals surface area contributed by atoms with Gasteiger partial charge in [-0.15, -0.1) is 0 Å². The second-order valence-electron chi connectivity index (χ2n) is 6.62. The highest BCUT2D eigenvalue weighted by Gasteiger charge is 2.37. The number of fused-ring (bicyclic) bond motifs is 3. The molecule has 1 aromatic heterocycles. The zero-order valence-electron chi connectivity index (χ0n) is 13.6. The topological polar surface area (TPSA) is 56.4 Å². The maximum absolute atomic E-state index is 12.9. The van der Waals surface area contributed by atoms with Crippen LogP contribution in [0.4, 0.5) is 0 Å². The van der Waals surface area contributed by atoms with E-state index in [1.165, 1.54) is 5.69 Å². The number of halogens is 1. The normalized spacial score (nSPS) is 20.8. The minimum absolute atomic E-state index is 0.0902. The Morgan fingerprint density at radius 2 is 2.25 bits per heavy atom. The third kappa shape index (κ3) is 2.47. The molecule has 3 heterocycles. The van der Waals surface area contributed by atoms with Gasteiger partial charge in [0, 0.05) is 66.2 Å². The molecule has 5 nitrogen and oxygen atoms in total. The van der Waals surface area contributed by atoms with Gasteiger partial charge in [-0.25, -0.2) is 0 Å². The van der Waals surface area contributed by atoms with E-state index in [2.05, 4.69) is 4.98 Å². The summed E-state index contributed by atoms with van der Waals surface area (Å²) in [5.41, 5.74) is 3.41. The monoisotopic (exact) mass is 345 g/mol. The fourth-order valence-corrected chi connectivity index (χ4v) is 4.05. The molecule has 6 heteroatoms.